The maximum absolute atomic E-state index is 12.4. The number of fused-ring (bicyclic) bond motifs is 1. The molecule has 0 aliphatic heterocycles. The molecule has 0 aliphatic rings. The van der Waals surface area contributed by atoms with E-state index in [0.29, 0.717) is 23.8 Å². The standard InChI is InChI=1S/C24H24BrClN6O/c1-16-8-10-17(11-9-16)29-24(33)31(2)13-5-12-27-22-14-21(18-6-3-4-7-20(18)26)30-23-19(25)15-28-32(22)23/h3-4,6-11,14-15,27H,5,12-13H2,1-2H3,(H,29,33). The molecule has 7 nitrogen and oxygen atoms in total. The number of benzene rings is 2. The number of carbonyl (C=O) groups excluding carboxylic acids is 1. The van der Waals surface area contributed by atoms with Crippen LogP contribution in [0.1, 0.15) is 12.0 Å². The molecule has 2 heterocycles. The van der Waals surface area contributed by atoms with E-state index in [1.54, 1.807) is 22.7 Å². The average molecular weight is 528 g/mol. The maximum Gasteiger partial charge on any atom is 0.321 e. The predicted molar refractivity (Wildman–Crippen MR) is 137 cm³/mol. The molecule has 0 atom stereocenters. The van der Waals surface area contributed by atoms with Gasteiger partial charge in [0.1, 0.15) is 5.82 Å². The molecule has 9 heteroatoms. The van der Waals surface area contributed by atoms with Gasteiger partial charge in [-0.15, -0.1) is 0 Å². The van der Waals surface area contributed by atoms with Gasteiger partial charge in [-0.2, -0.15) is 9.61 Å². The number of carbonyl (C=O) groups is 1. The topological polar surface area (TPSA) is 74.6 Å². The van der Waals surface area contributed by atoms with Crippen molar-refractivity contribution in [2.45, 2.75) is 13.3 Å². The van der Waals surface area contributed by atoms with E-state index in [-0.39, 0.29) is 6.03 Å². The molecule has 0 unspecified atom stereocenters. The summed E-state index contributed by atoms with van der Waals surface area (Å²) in [7, 11) is 1.79. The molecule has 2 amide bonds. The highest BCUT2D eigenvalue weighted by molar-refractivity contribution is 9.10. The Kier molecular flexibility index (Phi) is 7.15. The van der Waals surface area contributed by atoms with Crippen molar-refractivity contribution in [1.82, 2.24) is 19.5 Å². The van der Waals surface area contributed by atoms with Gasteiger partial charge in [-0.05, 0) is 47.5 Å². The minimum Gasteiger partial charge on any atom is -0.370 e. The quantitative estimate of drug-likeness (QED) is 0.285. The smallest absolute Gasteiger partial charge is 0.321 e. The molecule has 0 fully saturated rings. The summed E-state index contributed by atoms with van der Waals surface area (Å²) in [4.78, 5) is 18.8. The van der Waals surface area contributed by atoms with Gasteiger partial charge >= 0.3 is 6.03 Å². The van der Waals surface area contributed by atoms with Crippen molar-refractivity contribution in [3.63, 3.8) is 0 Å². The molecule has 2 aromatic heterocycles. The number of rotatable bonds is 7. The van der Waals surface area contributed by atoms with E-state index in [2.05, 4.69) is 31.7 Å². The molecule has 0 spiro atoms. The lowest BCUT2D eigenvalue weighted by Gasteiger charge is -2.18. The molecule has 170 valence electrons. The molecule has 0 radical (unpaired) electrons. The summed E-state index contributed by atoms with van der Waals surface area (Å²) >= 11 is 9.91. The third kappa shape index (κ3) is 5.46. The van der Waals surface area contributed by atoms with E-state index >= 15 is 0 Å². The fourth-order valence-corrected chi connectivity index (χ4v) is 3.94. The van der Waals surface area contributed by atoms with E-state index in [1.807, 2.05) is 61.5 Å². The van der Waals surface area contributed by atoms with Gasteiger partial charge in [-0.3, -0.25) is 0 Å². The highest BCUT2D eigenvalue weighted by Gasteiger charge is 2.13. The van der Waals surface area contributed by atoms with Crippen LogP contribution in [0.2, 0.25) is 5.02 Å². The van der Waals surface area contributed by atoms with Gasteiger partial charge in [0.2, 0.25) is 0 Å². The summed E-state index contributed by atoms with van der Waals surface area (Å²) in [5, 5.41) is 11.4. The lowest BCUT2D eigenvalue weighted by molar-refractivity contribution is 0.222. The summed E-state index contributed by atoms with van der Waals surface area (Å²) in [5.74, 6) is 0.798. The van der Waals surface area contributed by atoms with Gasteiger partial charge in [-0.25, -0.2) is 9.78 Å². The van der Waals surface area contributed by atoms with Crippen molar-refractivity contribution < 1.29 is 4.79 Å². The summed E-state index contributed by atoms with van der Waals surface area (Å²) in [6.45, 7) is 3.26. The molecule has 4 rings (SSSR count). The van der Waals surface area contributed by atoms with Crippen molar-refractivity contribution in [3.8, 4) is 11.3 Å². The summed E-state index contributed by atoms with van der Waals surface area (Å²) in [6.07, 6.45) is 2.47. The Labute approximate surface area is 205 Å². The van der Waals surface area contributed by atoms with E-state index in [4.69, 9.17) is 16.6 Å². The van der Waals surface area contributed by atoms with Crippen LogP contribution in [-0.2, 0) is 0 Å². The van der Waals surface area contributed by atoms with E-state index < -0.39 is 0 Å². The Morgan fingerprint density at radius 2 is 1.94 bits per heavy atom. The number of halogens is 2. The van der Waals surface area contributed by atoms with Crippen LogP contribution in [0, 0.1) is 6.92 Å². The van der Waals surface area contributed by atoms with E-state index in [0.717, 1.165) is 39.2 Å². The first kappa shape index (κ1) is 23.1. The third-order valence-electron chi connectivity index (χ3n) is 5.20. The third-order valence-corrected chi connectivity index (χ3v) is 6.09. The number of aromatic nitrogens is 3. The maximum atomic E-state index is 12.4. The zero-order valence-electron chi connectivity index (χ0n) is 18.3. The number of urea groups is 1. The van der Waals surface area contributed by atoms with Crippen molar-refractivity contribution >= 4 is 50.7 Å². The number of hydrogen-bond donors (Lipinski definition) is 2. The second-order valence-electron chi connectivity index (χ2n) is 7.73. The fraction of sp³-hybridized carbons (Fsp3) is 0.208. The Hall–Kier alpha value is -3.10. The highest BCUT2D eigenvalue weighted by atomic mass is 79.9. The minimum atomic E-state index is -0.137. The zero-order valence-corrected chi connectivity index (χ0v) is 20.7. The number of aryl methyl sites for hydroxylation is 1. The van der Waals surface area contributed by atoms with E-state index in [9.17, 15) is 4.79 Å². The first-order valence-corrected chi connectivity index (χ1v) is 11.7. The van der Waals surface area contributed by atoms with Crippen LogP contribution in [-0.4, -0.2) is 45.7 Å². The van der Waals surface area contributed by atoms with Crippen molar-refractivity contribution in [3.05, 3.63) is 75.9 Å². The zero-order chi connectivity index (χ0) is 23.4. The van der Waals surface area contributed by atoms with Gasteiger partial charge in [0.05, 0.1) is 16.4 Å². The summed E-state index contributed by atoms with van der Waals surface area (Å²) in [6, 6.07) is 17.2. The molecule has 2 N–H and O–H groups in total. The normalized spacial score (nSPS) is 10.9. The van der Waals surface area contributed by atoms with Gasteiger partial charge in [0.25, 0.3) is 0 Å². The van der Waals surface area contributed by atoms with Crippen LogP contribution in [0.5, 0.6) is 0 Å². The lowest BCUT2D eigenvalue weighted by atomic mass is 10.1. The van der Waals surface area contributed by atoms with Crippen LogP contribution >= 0.6 is 27.5 Å². The molecule has 0 aliphatic carbocycles. The Bertz CT molecular complexity index is 1270. The van der Waals surface area contributed by atoms with Crippen molar-refractivity contribution in [1.29, 1.82) is 0 Å². The van der Waals surface area contributed by atoms with Crippen LogP contribution in [0.3, 0.4) is 0 Å². The summed E-state index contributed by atoms with van der Waals surface area (Å²) in [5.41, 5.74) is 4.24. The van der Waals surface area contributed by atoms with Gasteiger partial charge in [-0.1, -0.05) is 47.5 Å². The monoisotopic (exact) mass is 526 g/mol. The molecular formula is C24H24BrClN6O. The Balaban J connectivity index is 1.40. The largest absolute Gasteiger partial charge is 0.370 e. The lowest BCUT2D eigenvalue weighted by Crippen LogP contribution is -2.32. The minimum absolute atomic E-state index is 0.137. The Morgan fingerprint density at radius 1 is 1.18 bits per heavy atom. The Morgan fingerprint density at radius 3 is 2.70 bits per heavy atom. The van der Waals surface area contributed by atoms with Gasteiger partial charge < -0.3 is 15.5 Å². The first-order valence-electron chi connectivity index (χ1n) is 10.5. The molecule has 0 saturated heterocycles. The molecule has 4 aromatic rings. The molecular weight excluding hydrogens is 504 g/mol. The predicted octanol–water partition coefficient (Wildman–Crippen LogP) is 6.09. The van der Waals surface area contributed by atoms with Crippen LogP contribution < -0.4 is 10.6 Å². The number of hydrogen-bond acceptors (Lipinski definition) is 4. The van der Waals surface area contributed by atoms with Crippen molar-refractivity contribution in [2.24, 2.45) is 0 Å². The van der Waals surface area contributed by atoms with Crippen LogP contribution in [0.4, 0.5) is 16.3 Å². The number of nitrogens with one attached hydrogen (secondary N) is 2. The van der Waals surface area contributed by atoms with Crippen LogP contribution in [0.15, 0.2) is 65.3 Å². The molecule has 2 aromatic carbocycles. The van der Waals surface area contributed by atoms with Gasteiger partial charge in [0, 0.05) is 42.5 Å². The first-order chi connectivity index (χ1) is 15.9. The number of amides is 2. The number of nitrogens with zero attached hydrogens (tertiary/aromatic N) is 4. The SMILES string of the molecule is Cc1ccc(NC(=O)N(C)CCCNc2cc(-c3ccccc3Cl)nc3c(Br)cnn23)cc1. The second-order valence-corrected chi connectivity index (χ2v) is 8.99. The summed E-state index contributed by atoms with van der Waals surface area (Å²) < 4.78 is 2.55. The highest BCUT2D eigenvalue weighted by Crippen LogP contribution is 2.30. The van der Waals surface area contributed by atoms with Crippen LogP contribution in [0.25, 0.3) is 16.9 Å². The average Bonchev–Trinajstić information content (AvgIpc) is 3.19. The van der Waals surface area contributed by atoms with Gasteiger partial charge in [0.15, 0.2) is 5.65 Å². The molecule has 0 bridgehead atoms. The fourth-order valence-electron chi connectivity index (χ4n) is 3.36. The molecule has 33 heavy (non-hydrogen) atoms. The van der Waals surface area contributed by atoms with E-state index in [1.165, 1.54) is 0 Å². The second kappa shape index (κ2) is 10.2. The molecule has 0 saturated carbocycles. The van der Waals surface area contributed by atoms with Crippen molar-refractivity contribution in [2.75, 3.05) is 30.8 Å². The number of anilines is 2.